The second-order valence-electron chi connectivity index (χ2n) is 3.87. The Morgan fingerprint density at radius 2 is 1.89 bits per heavy atom. The average Bonchev–Trinajstić information content (AvgIpc) is 2.39. The van der Waals surface area contributed by atoms with Crippen molar-refractivity contribution in [3.05, 3.63) is 52.5 Å². The second kappa shape index (κ2) is 5.78. The van der Waals surface area contributed by atoms with Gasteiger partial charge in [0.1, 0.15) is 11.5 Å². The summed E-state index contributed by atoms with van der Waals surface area (Å²) in [7, 11) is 1.64. The van der Waals surface area contributed by atoms with Crippen LogP contribution < -0.4 is 10.1 Å². The summed E-state index contributed by atoms with van der Waals surface area (Å²) in [5, 5.41) is 12.5. The topological polar surface area (TPSA) is 41.5 Å². The lowest BCUT2D eigenvalue weighted by molar-refractivity contribution is 0.412. The molecule has 2 aromatic rings. The lowest BCUT2D eigenvalue weighted by atomic mass is 10.2. The normalized spacial score (nSPS) is 10.1. The van der Waals surface area contributed by atoms with E-state index in [0.717, 1.165) is 21.5 Å². The van der Waals surface area contributed by atoms with Crippen molar-refractivity contribution in [2.24, 2.45) is 0 Å². The van der Waals surface area contributed by atoms with Crippen molar-refractivity contribution < 1.29 is 9.84 Å². The van der Waals surface area contributed by atoms with Crippen molar-refractivity contribution in [2.75, 3.05) is 12.4 Å². The van der Waals surface area contributed by atoms with E-state index < -0.39 is 0 Å². The molecule has 0 spiro atoms. The van der Waals surface area contributed by atoms with Gasteiger partial charge >= 0.3 is 0 Å². The number of halogens is 1. The lowest BCUT2D eigenvalue weighted by Crippen LogP contribution is -1.99. The minimum Gasteiger partial charge on any atom is -0.508 e. The van der Waals surface area contributed by atoms with Crippen LogP contribution in [-0.4, -0.2) is 12.2 Å². The molecule has 18 heavy (non-hydrogen) atoms. The third kappa shape index (κ3) is 3.17. The monoisotopic (exact) mass is 307 g/mol. The number of nitrogens with one attached hydrogen (secondary N) is 1. The molecule has 0 aliphatic heterocycles. The number of rotatable bonds is 4. The van der Waals surface area contributed by atoms with Gasteiger partial charge in [-0.25, -0.2) is 0 Å². The van der Waals surface area contributed by atoms with Gasteiger partial charge in [0.2, 0.25) is 0 Å². The first-order valence-corrected chi connectivity index (χ1v) is 6.33. The number of ether oxygens (including phenoxy) is 1. The number of benzene rings is 2. The molecule has 0 unspecified atom stereocenters. The van der Waals surface area contributed by atoms with E-state index in [1.54, 1.807) is 19.2 Å². The molecule has 2 aromatic carbocycles. The molecule has 94 valence electrons. The standard InChI is InChI=1S/C14H14BrNO2/c1-18-14-8-11(4-7-13(14)15)16-9-10-2-5-12(17)6-3-10/h2-8,16-17H,9H2,1H3. The van der Waals surface area contributed by atoms with Gasteiger partial charge in [0.25, 0.3) is 0 Å². The second-order valence-corrected chi connectivity index (χ2v) is 4.72. The van der Waals surface area contributed by atoms with Crippen LogP contribution in [0.5, 0.6) is 11.5 Å². The lowest BCUT2D eigenvalue weighted by Gasteiger charge is -2.09. The zero-order valence-corrected chi connectivity index (χ0v) is 11.6. The summed E-state index contributed by atoms with van der Waals surface area (Å²) in [5.74, 6) is 1.08. The fourth-order valence-corrected chi connectivity index (χ4v) is 2.00. The van der Waals surface area contributed by atoms with Crippen LogP contribution in [-0.2, 0) is 6.54 Å². The van der Waals surface area contributed by atoms with Gasteiger partial charge in [0.05, 0.1) is 11.6 Å². The van der Waals surface area contributed by atoms with Crippen molar-refractivity contribution in [2.45, 2.75) is 6.54 Å². The Hall–Kier alpha value is -1.68. The Balaban J connectivity index is 2.04. The van der Waals surface area contributed by atoms with Crippen LogP contribution in [0.4, 0.5) is 5.69 Å². The van der Waals surface area contributed by atoms with Crippen LogP contribution in [0.3, 0.4) is 0 Å². The van der Waals surface area contributed by atoms with Crippen LogP contribution >= 0.6 is 15.9 Å². The highest BCUT2D eigenvalue weighted by Crippen LogP contribution is 2.28. The van der Waals surface area contributed by atoms with Gasteiger partial charge < -0.3 is 15.2 Å². The number of aromatic hydroxyl groups is 1. The van der Waals surface area contributed by atoms with E-state index in [-0.39, 0.29) is 5.75 Å². The maximum absolute atomic E-state index is 9.20. The highest BCUT2D eigenvalue weighted by Gasteiger charge is 2.01. The number of anilines is 1. The van der Waals surface area contributed by atoms with E-state index in [4.69, 9.17) is 4.74 Å². The van der Waals surface area contributed by atoms with Crippen LogP contribution in [0, 0.1) is 0 Å². The van der Waals surface area contributed by atoms with Gasteiger partial charge in [-0.1, -0.05) is 12.1 Å². The third-order valence-electron chi connectivity index (χ3n) is 2.58. The van der Waals surface area contributed by atoms with Crippen LogP contribution in [0.1, 0.15) is 5.56 Å². The Bertz CT molecular complexity index is 526. The molecule has 0 saturated carbocycles. The summed E-state index contributed by atoms with van der Waals surface area (Å²) >= 11 is 3.41. The Labute approximate surface area is 115 Å². The number of methoxy groups -OCH3 is 1. The smallest absolute Gasteiger partial charge is 0.135 e. The summed E-state index contributed by atoms with van der Waals surface area (Å²) in [5.41, 5.74) is 2.10. The van der Waals surface area contributed by atoms with Gasteiger partial charge in [-0.3, -0.25) is 0 Å². The van der Waals surface area contributed by atoms with Gasteiger partial charge in [0.15, 0.2) is 0 Å². The fraction of sp³-hybridized carbons (Fsp3) is 0.143. The summed E-state index contributed by atoms with van der Waals surface area (Å²) in [6.45, 7) is 0.699. The van der Waals surface area contributed by atoms with Crippen molar-refractivity contribution in [1.29, 1.82) is 0 Å². The molecule has 0 fully saturated rings. The highest BCUT2D eigenvalue weighted by molar-refractivity contribution is 9.10. The maximum Gasteiger partial charge on any atom is 0.135 e. The summed E-state index contributed by atoms with van der Waals surface area (Å²) in [4.78, 5) is 0. The van der Waals surface area contributed by atoms with Gasteiger partial charge in [-0.05, 0) is 45.8 Å². The molecule has 0 atom stereocenters. The molecular weight excluding hydrogens is 294 g/mol. The molecule has 0 bridgehead atoms. The largest absolute Gasteiger partial charge is 0.508 e. The van der Waals surface area contributed by atoms with E-state index >= 15 is 0 Å². The molecule has 0 radical (unpaired) electrons. The molecular formula is C14H14BrNO2. The first kappa shape index (κ1) is 12.8. The van der Waals surface area contributed by atoms with E-state index in [1.807, 2.05) is 30.3 Å². The number of hydrogen-bond donors (Lipinski definition) is 2. The summed E-state index contributed by atoms with van der Waals surface area (Å²) in [6.07, 6.45) is 0. The minimum absolute atomic E-state index is 0.282. The van der Waals surface area contributed by atoms with Crippen LogP contribution in [0.15, 0.2) is 46.9 Å². The predicted molar refractivity (Wildman–Crippen MR) is 76.1 cm³/mol. The molecule has 0 heterocycles. The Morgan fingerprint density at radius 1 is 1.17 bits per heavy atom. The van der Waals surface area contributed by atoms with Gasteiger partial charge in [-0.15, -0.1) is 0 Å². The SMILES string of the molecule is COc1cc(NCc2ccc(O)cc2)ccc1Br. The molecule has 2 N–H and O–H groups in total. The first-order valence-electron chi connectivity index (χ1n) is 5.54. The highest BCUT2D eigenvalue weighted by atomic mass is 79.9. The van der Waals surface area contributed by atoms with Crippen molar-refractivity contribution in [3.63, 3.8) is 0 Å². The molecule has 0 aliphatic carbocycles. The Morgan fingerprint density at radius 3 is 2.56 bits per heavy atom. The van der Waals surface area contributed by atoms with Crippen LogP contribution in [0.25, 0.3) is 0 Å². The molecule has 0 amide bonds. The minimum atomic E-state index is 0.282. The molecule has 0 aromatic heterocycles. The van der Waals surface area contributed by atoms with Gasteiger partial charge in [-0.2, -0.15) is 0 Å². The number of phenolic OH excluding ortho intramolecular Hbond substituents is 1. The van der Waals surface area contributed by atoms with Gasteiger partial charge in [0, 0.05) is 18.3 Å². The first-order chi connectivity index (χ1) is 8.69. The average molecular weight is 308 g/mol. The van der Waals surface area contributed by atoms with E-state index in [1.165, 1.54) is 0 Å². The number of hydrogen-bond acceptors (Lipinski definition) is 3. The van der Waals surface area contributed by atoms with E-state index in [2.05, 4.69) is 21.2 Å². The number of phenols is 1. The van der Waals surface area contributed by atoms with Crippen LogP contribution in [0.2, 0.25) is 0 Å². The molecule has 0 saturated heterocycles. The zero-order valence-electron chi connectivity index (χ0n) is 9.98. The molecule has 0 aliphatic rings. The fourth-order valence-electron chi connectivity index (χ4n) is 1.59. The maximum atomic E-state index is 9.20. The third-order valence-corrected chi connectivity index (χ3v) is 3.24. The van der Waals surface area contributed by atoms with Crippen molar-refractivity contribution in [1.82, 2.24) is 0 Å². The van der Waals surface area contributed by atoms with E-state index in [0.29, 0.717) is 6.54 Å². The molecule has 2 rings (SSSR count). The quantitative estimate of drug-likeness (QED) is 0.903. The van der Waals surface area contributed by atoms with Crippen molar-refractivity contribution in [3.8, 4) is 11.5 Å². The Kier molecular flexibility index (Phi) is 4.10. The van der Waals surface area contributed by atoms with Crippen molar-refractivity contribution >= 4 is 21.6 Å². The molecule has 4 heteroatoms. The molecule has 3 nitrogen and oxygen atoms in total. The summed E-state index contributed by atoms with van der Waals surface area (Å²) in [6, 6.07) is 13.0. The predicted octanol–water partition coefficient (Wildman–Crippen LogP) is 3.78. The summed E-state index contributed by atoms with van der Waals surface area (Å²) < 4.78 is 6.16. The zero-order chi connectivity index (χ0) is 13.0. The van der Waals surface area contributed by atoms with E-state index in [9.17, 15) is 5.11 Å².